The summed E-state index contributed by atoms with van der Waals surface area (Å²) in [4.78, 5) is 25.3. The standard InChI is InChI=1S/C24H24FN3O2/c1-15(2)22(16-6-4-3-5-7-16)24(30)27-19-11-8-17(9-12-19)23(29)28-21-13-10-18(25)14-20(21)26/h3-15,22H,26H2,1-2H3,(H,27,30)(H,28,29)/t22-/m0/s1. The molecular weight excluding hydrogens is 381 g/mol. The second kappa shape index (κ2) is 9.22. The number of halogens is 1. The fraction of sp³-hybridized carbons (Fsp3) is 0.167. The first-order valence-electron chi connectivity index (χ1n) is 9.67. The molecular formula is C24H24FN3O2. The summed E-state index contributed by atoms with van der Waals surface area (Å²) in [6.07, 6.45) is 0. The first-order valence-corrected chi connectivity index (χ1v) is 9.67. The van der Waals surface area contributed by atoms with E-state index in [0.717, 1.165) is 11.6 Å². The summed E-state index contributed by atoms with van der Waals surface area (Å²) >= 11 is 0. The van der Waals surface area contributed by atoms with E-state index in [2.05, 4.69) is 10.6 Å². The third-order valence-corrected chi connectivity index (χ3v) is 4.78. The maximum Gasteiger partial charge on any atom is 0.255 e. The third kappa shape index (κ3) is 5.03. The van der Waals surface area contributed by atoms with Gasteiger partial charge in [0.1, 0.15) is 5.82 Å². The minimum absolute atomic E-state index is 0.104. The number of amides is 2. The van der Waals surface area contributed by atoms with Gasteiger partial charge in [0.05, 0.1) is 17.3 Å². The first-order chi connectivity index (χ1) is 14.3. The van der Waals surface area contributed by atoms with Crippen LogP contribution < -0.4 is 16.4 Å². The lowest BCUT2D eigenvalue weighted by atomic mass is 9.87. The molecule has 3 rings (SSSR count). The second-order valence-electron chi connectivity index (χ2n) is 7.38. The van der Waals surface area contributed by atoms with Crippen LogP contribution >= 0.6 is 0 Å². The second-order valence-corrected chi connectivity index (χ2v) is 7.38. The Balaban J connectivity index is 1.69. The van der Waals surface area contributed by atoms with Gasteiger partial charge in [-0.1, -0.05) is 44.2 Å². The molecule has 0 saturated carbocycles. The molecule has 4 N–H and O–H groups in total. The molecule has 3 aromatic rings. The summed E-state index contributed by atoms with van der Waals surface area (Å²) in [5.74, 6) is -1.11. The van der Waals surface area contributed by atoms with E-state index in [4.69, 9.17) is 5.73 Å². The average molecular weight is 405 g/mol. The van der Waals surface area contributed by atoms with E-state index < -0.39 is 5.82 Å². The third-order valence-electron chi connectivity index (χ3n) is 4.78. The van der Waals surface area contributed by atoms with Crippen molar-refractivity contribution in [2.24, 2.45) is 5.92 Å². The molecule has 0 aliphatic rings. The molecule has 0 aromatic heterocycles. The quantitative estimate of drug-likeness (QED) is 0.503. The molecule has 0 heterocycles. The van der Waals surface area contributed by atoms with Gasteiger partial charge in [0.25, 0.3) is 5.91 Å². The highest BCUT2D eigenvalue weighted by molar-refractivity contribution is 6.06. The number of hydrogen-bond acceptors (Lipinski definition) is 3. The summed E-state index contributed by atoms with van der Waals surface area (Å²) < 4.78 is 13.1. The molecule has 0 bridgehead atoms. The van der Waals surface area contributed by atoms with Crippen LogP contribution in [0.1, 0.15) is 35.7 Å². The van der Waals surface area contributed by atoms with Crippen LogP contribution in [-0.4, -0.2) is 11.8 Å². The van der Waals surface area contributed by atoms with Gasteiger partial charge in [-0.25, -0.2) is 4.39 Å². The lowest BCUT2D eigenvalue weighted by Gasteiger charge is -2.21. The molecule has 0 radical (unpaired) electrons. The van der Waals surface area contributed by atoms with Gasteiger partial charge in [0.2, 0.25) is 5.91 Å². The van der Waals surface area contributed by atoms with Crippen LogP contribution in [0.4, 0.5) is 21.5 Å². The van der Waals surface area contributed by atoms with E-state index in [9.17, 15) is 14.0 Å². The molecule has 3 aromatic carbocycles. The number of carbonyl (C=O) groups is 2. The largest absolute Gasteiger partial charge is 0.397 e. The van der Waals surface area contributed by atoms with Gasteiger partial charge >= 0.3 is 0 Å². The Hall–Kier alpha value is -3.67. The van der Waals surface area contributed by atoms with Crippen molar-refractivity contribution >= 4 is 28.9 Å². The van der Waals surface area contributed by atoms with Gasteiger partial charge in [-0.15, -0.1) is 0 Å². The highest BCUT2D eigenvalue weighted by Gasteiger charge is 2.24. The van der Waals surface area contributed by atoms with E-state index >= 15 is 0 Å². The lowest BCUT2D eigenvalue weighted by Crippen LogP contribution is -2.25. The van der Waals surface area contributed by atoms with Gasteiger partial charge in [0.15, 0.2) is 0 Å². The number of carbonyl (C=O) groups excluding carboxylic acids is 2. The van der Waals surface area contributed by atoms with Crippen molar-refractivity contribution in [2.45, 2.75) is 19.8 Å². The van der Waals surface area contributed by atoms with E-state index in [-0.39, 0.29) is 29.3 Å². The van der Waals surface area contributed by atoms with Gasteiger partial charge < -0.3 is 16.4 Å². The van der Waals surface area contributed by atoms with E-state index in [0.29, 0.717) is 16.9 Å². The van der Waals surface area contributed by atoms with Gasteiger partial charge in [0, 0.05) is 11.3 Å². The molecule has 5 nitrogen and oxygen atoms in total. The molecule has 154 valence electrons. The molecule has 0 aliphatic carbocycles. The van der Waals surface area contributed by atoms with Crippen LogP contribution in [0.2, 0.25) is 0 Å². The van der Waals surface area contributed by atoms with Gasteiger partial charge in [-0.2, -0.15) is 0 Å². The molecule has 0 unspecified atom stereocenters. The SMILES string of the molecule is CC(C)[C@H](C(=O)Nc1ccc(C(=O)Nc2ccc(F)cc2N)cc1)c1ccccc1. The Bertz CT molecular complexity index is 1030. The average Bonchev–Trinajstić information content (AvgIpc) is 2.71. The zero-order chi connectivity index (χ0) is 21.7. The van der Waals surface area contributed by atoms with Crippen LogP contribution in [0.15, 0.2) is 72.8 Å². The molecule has 0 aliphatic heterocycles. The number of nitrogen functional groups attached to an aromatic ring is 1. The van der Waals surface area contributed by atoms with Crippen molar-refractivity contribution in [2.75, 3.05) is 16.4 Å². The number of nitrogens with two attached hydrogens (primary N) is 1. The first kappa shape index (κ1) is 21.0. The smallest absolute Gasteiger partial charge is 0.255 e. The Morgan fingerprint density at radius 2 is 1.57 bits per heavy atom. The molecule has 0 saturated heterocycles. The zero-order valence-electron chi connectivity index (χ0n) is 16.9. The predicted octanol–water partition coefficient (Wildman–Crippen LogP) is 5.04. The fourth-order valence-corrected chi connectivity index (χ4v) is 3.27. The Morgan fingerprint density at radius 3 is 2.17 bits per heavy atom. The highest BCUT2D eigenvalue weighted by Crippen LogP contribution is 2.26. The molecule has 6 heteroatoms. The summed E-state index contributed by atoms with van der Waals surface area (Å²) in [6.45, 7) is 4.01. The van der Waals surface area contributed by atoms with E-state index in [1.165, 1.54) is 12.1 Å². The highest BCUT2D eigenvalue weighted by atomic mass is 19.1. The van der Waals surface area contributed by atoms with Crippen molar-refractivity contribution in [3.8, 4) is 0 Å². The van der Waals surface area contributed by atoms with Crippen LogP contribution in [0.25, 0.3) is 0 Å². The molecule has 1 atom stereocenters. The number of anilines is 3. The predicted molar refractivity (Wildman–Crippen MR) is 118 cm³/mol. The lowest BCUT2D eigenvalue weighted by molar-refractivity contribution is -0.118. The van der Waals surface area contributed by atoms with Crippen molar-refractivity contribution < 1.29 is 14.0 Å². The summed E-state index contributed by atoms with van der Waals surface area (Å²) in [5, 5.41) is 5.57. The van der Waals surface area contributed by atoms with Crippen LogP contribution in [0.3, 0.4) is 0 Å². The maximum absolute atomic E-state index is 13.1. The fourth-order valence-electron chi connectivity index (χ4n) is 3.27. The molecule has 0 spiro atoms. The topological polar surface area (TPSA) is 84.2 Å². The van der Waals surface area contributed by atoms with E-state index in [1.54, 1.807) is 24.3 Å². The van der Waals surface area contributed by atoms with Crippen molar-refractivity contribution in [1.29, 1.82) is 0 Å². The van der Waals surface area contributed by atoms with Crippen molar-refractivity contribution in [3.63, 3.8) is 0 Å². The number of nitrogens with one attached hydrogen (secondary N) is 2. The number of rotatable bonds is 6. The Kier molecular flexibility index (Phi) is 6.47. The molecule has 30 heavy (non-hydrogen) atoms. The zero-order valence-corrected chi connectivity index (χ0v) is 16.9. The van der Waals surface area contributed by atoms with Crippen molar-refractivity contribution in [3.05, 3.63) is 89.7 Å². The number of hydrogen-bond donors (Lipinski definition) is 3. The minimum atomic E-state index is -0.471. The molecule has 2 amide bonds. The normalized spacial score (nSPS) is 11.7. The monoisotopic (exact) mass is 405 g/mol. The number of benzene rings is 3. The van der Waals surface area contributed by atoms with Crippen molar-refractivity contribution in [1.82, 2.24) is 0 Å². The Morgan fingerprint density at radius 1 is 0.900 bits per heavy atom. The van der Waals surface area contributed by atoms with E-state index in [1.807, 2.05) is 44.2 Å². The summed E-state index contributed by atoms with van der Waals surface area (Å²) in [7, 11) is 0. The molecule has 0 fully saturated rings. The van der Waals surface area contributed by atoms with Gasteiger partial charge in [-0.05, 0) is 53.9 Å². The minimum Gasteiger partial charge on any atom is -0.397 e. The summed E-state index contributed by atoms with van der Waals surface area (Å²) in [5.41, 5.74) is 8.15. The van der Waals surface area contributed by atoms with Crippen LogP contribution in [0.5, 0.6) is 0 Å². The van der Waals surface area contributed by atoms with Gasteiger partial charge in [-0.3, -0.25) is 9.59 Å². The maximum atomic E-state index is 13.1. The van der Waals surface area contributed by atoms with Crippen LogP contribution in [0, 0.1) is 11.7 Å². The summed E-state index contributed by atoms with van der Waals surface area (Å²) in [6, 6.07) is 20.0. The van der Waals surface area contributed by atoms with Crippen LogP contribution in [-0.2, 0) is 4.79 Å². The Labute approximate surface area is 175 Å².